The Bertz CT molecular complexity index is 1040. The van der Waals surface area contributed by atoms with E-state index in [-0.39, 0.29) is 0 Å². The Morgan fingerprint density at radius 1 is 0.677 bits per heavy atom. The van der Waals surface area contributed by atoms with Gasteiger partial charge in [0.15, 0.2) is 0 Å². The highest BCUT2D eigenvalue weighted by molar-refractivity contribution is 9.10. The fraction of sp³-hybridized carbons (Fsp3) is 0. The molecule has 156 valence electrons. The van der Waals surface area contributed by atoms with Gasteiger partial charge in [-0.1, -0.05) is 31.9 Å². The van der Waals surface area contributed by atoms with Crippen molar-refractivity contribution in [2.45, 2.75) is 0 Å². The molecular formula is C24H20Br2N4O. The second-order valence-corrected chi connectivity index (χ2v) is 7.80. The zero-order valence-electron chi connectivity index (χ0n) is 16.5. The van der Waals surface area contributed by atoms with Gasteiger partial charge in [0.1, 0.15) is 6.29 Å². The molecule has 0 spiro atoms. The smallest absolute Gasteiger partial charge is 0.150 e. The normalized spacial score (nSPS) is 9.74. The predicted octanol–water partition coefficient (Wildman–Crippen LogP) is 6.52. The number of hydrogen-bond donors (Lipinski definition) is 1. The second kappa shape index (κ2) is 14.0. The summed E-state index contributed by atoms with van der Waals surface area (Å²) in [7, 11) is 0. The predicted molar refractivity (Wildman–Crippen MR) is 134 cm³/mol. The zero-order chi connectivity index (χ0) is 22.3. The molecule has 0 saturated carbocycles. The molecule has 0 atom stereocenters. The Hall–Kier alpha value is -3.16. The van der Waals surface area contributed by atoms with Gasteiger partial charge in [0.25, 0.3) is 0 Å². The van der Waals surface area contributed by atoms with Crippen LogP contribution in [0.2, 0.25) is 0 Å². The van der Waals surface area contributed by atoms with E-state index < -0.39 is 0 Å². The summed E-state index contributed by atoms with van der Waals surface area (Å²) in [5, 5.41) is 0. The number of benzene rings is 2. The number of rotatable bonds is 3. The van der Waals surface area contributed by atoms with Crippen LogP contribution in [-0.4, -0.2) is 22.5 Å². The number of aliphatic imine (C=N–C) groups is 1. The Balaban J connectivity index is 0.000000181. The number of anilines is 1. The highest BCUT2D eigenvalue weighted by Crippen LogP contribution is 2.16. The number of hydrogen-bond acceptors (Lipinski definition) is 5. The molecule has 0 fully saturated rings. The van der Waals surface area contributed by atoms with E-state index in [1.54, 1.807) is 36.9 Å². The van der Waals surface area contributed by atoms with Gasteiger partial charge in [-0.25, -0.2) is 0 Å². The average Bonchev–Trinajstić information content (AvgIpc) is 2.83. The van der Waals surface area contributed by atoms with Crippen LogP contribution < -0.4 is 5.73 Å². The van der Waals surface area contributed by atoms with Crippen LogP contribution in [0, 0.1) is 0 Å². The second-order valence-electron chi connectivity index (χ2n) is 5.97. The minimum absolute atomic E-state index is 0.667. The molecule has 4 rings (SSSR count). The standard InChI is InChI=1S/C12H9BrN2.C6H6BrN.C6H5NO/c13-11-1-3-12(4-2-11)15-9-10-5-7-14-8-6-10;7-5-1-3-6(8)4-2-5;8-5-6-1-3-7-4-2-6/h1-9H;1-4H,8H2;1-5H. The van der Waals surface area contributed by atoms with Crippen LogP contribution >= 0.6 is 31.9 Å². The number of halogens is 2. The van der Waals surface area contributed by atoms with Crippen LogP contribution in [0.25, 0.3) is 0 Å². The van der Waals surface area contributed by atoms with E-state index in [0.717, 1.165) is 32.2 Å². The molecular weight excluding hydrogens is 520 g/mol. The van der Waals surface area contributed by atoms with Gasteiger partial charge in [-0.3, -0.25) is 19.8 Å². The molecule has 0 aliphatic heterocycles. The van der Waals surface area contributed by atoms with E-state index in [0.29, 0.717) is 5.56 Å². The average molecular weight is 540 g/mol. The van der Waals surface area contributed by atoms with Gasteiger partial charge in [-0.05, 0) is 78.4 Å². The third-order valence-electron chi connectivity index (χ3n) is 3.61. The van der Waals surface area contributed by atoms with Gasteiger partial charge in [0, 0.05) is 51.2 Å². The minimum atomic E-state index is 0.667. The highest BCUT2D eigenvalue weighted by atomic mass is 79.9. The largest absolute Gasteiger partial charge is 0.399 e. The summed E-state index contributed by atoms with van der Waals surface area (Å²) < 4.78 is 2.12. The van der Waals surface area contributed by atoms with Crippen molar-refractivity contribution < 1.29 is 4.79 Å². The van der Waals surface area contributed by atoms with Gasteiger partial charge in [0.2, 0.25) is 0 Å². The monoisotopic (exact) mass is 538 g/mol. The van der Waals surface area contributed by atoms with Gasteiger partial charge in [-0.2, -0.15) is 0 Å². The van der Waals surface area contributed by atoms with Crippen molar-refractivity contribution in [3.8, 4) is 0 Å². The number of nitrogens with two attached hydrogens (primary N) is 1. The van der Waals surface area contributed by atoms with Crippen LogP contribution in [-0.2, 0) is 0 Å². The number of pyridine rings is 2. The molecule has 2 heterocycles. The number of aldehydes is 1. The highest BCUT2D eigenvalue weighted by Gasteiger charge is 1.89. The van der Waals surface area contributed by atoms with Crippen LogP contribution in [0.1, 0.15) is 15.9 Å². The fourth-order valence-electron chi connectivity index (χ4n) is 2.03. The van der Waals surface area contributed by atoms with Crippen LogP contribution in [0.3, 0.4) is 0 Å². The van der Waals surface area contributed by atoms with Gasteiger partial charge >= 0.3 is 0 Å². The van der Waals surface area contributed by atoms with Crippen LogP contribution in [0.15, 0.2) is 112 Å². The number of carbonyl (C=O) groups is 1. The Morgan fingerprint density at radius 3 is 1.55 bits per heavy atom. The van der Waals surface area contributed by atoms with Gasteiger partial charge in [0.05, 0.1) is 5.69 Å². The minimum Gasteiger partial charge on any atom is -0.399 e. The van der Waals surface area contributed by atoms with Crippen LogP contribution in [0.4, 0.5) is 11.4 Å². The Kier molecular flexibility index (Phi) is 10.9. The molecule has 0 bridgehead atoms. The summed E-state index contributed by atoms with van der Waals surface area (Å²) in [6.45, 7) is 0. The van der Waals surface area contributed by atoms with Gasteiger partial charge in [-0.15, -0.1) is 0 Å². The van der Waals surface area contributed by atoms with E-state index in [1.807, 2.05) is 66.9 Å². The molecule has 5 nitrogen and oxygen atoms in total. The summed E-state index contributed by atoms with van der Waals surface area (Å²) in [5.74, 6) is 0. The maximum Gasteiger partial charge on any atom is 0.150 e. The summed E-state index contributed by atoms with van der Waals surface area (Å²) >= 11 is 6.67. The van der Waals surface area contributed by atoms with E-state index in [1.165, 1.54) is 0 Å². The van der Waals surface area contributed by atoms with E-state index in [2.05, 4.69) is 46.8 Å². The first kappa shape index (κ1) is 24.1. The lowest BCUT2D eigenvalue weighted by molar-refractivity contribution is 0.112. The summed E-state index contributed by atoms with van der Waals surface area (Å²) in [4.78, 5) is 22.0. The summed E-state index contributed by atoms with van der Waals surface area (Å²) in [5.41, 5.74) is 8.86. The van der Waals surface area contributed by atoms with Gasteiger partial charge < -0.3 is 5.73 Å². The number of carbonyl (C=O) groups excluding carboxylic acids is 1. The van der Waals surface area contributed by atoms with Crippen molar-refractivity contribution in [2.24, 2.45) is 4.99 Å². The lowest BCUT2D eigenvalue weighted by Crippen LogP contribution is -1.80. The third-order valence-corrected chi connectivity index (χ3v) is 4.66. The van der Waals surface area contributed by atoms with Crippen molar-refractivity contribution in [1.82, 2.24) is 9.97 Å². The number of nitrogen functional groups attached to an aromatic ring is 1. The molecule has 0 unspecified atom stereocenters. The number of aromatic nitrogens is 2. The van der Waals surface area contributed by atoms with Crippen LogP contribution in [0.5, 0.6) is 0 Å². The van der Waals surface area contributed by atoms with E-state index in [4.69, 9.17) is 5.73 Å². The van der Waals surface area contributed by atoms with Crippen molar-refractivity contribution in [1.29, 1.82) is 0 Å². The molecule has 31 heavy (non-hydrogen) atoms. The molecule has 0 radical (unpaired) electrons. The molecule has 2 aromatic heterocycles. The molecule has 0 amide bonds. The maximum absolute atomic E-state index is 9.98. The topological polar surface area (TPSA) is 81.2 Å². The molecule has 0 aliphatic rings. The summed E-state index contributed by atoms with van der Waals surface area (Å²) in [6.07, 6.45) is 9.30. The SMILES string of the molecule is Brc1ccc(N=Cc2ccncc2)cc1.Nc1ccc(Br)cc1.O=Cc1ccncc1. The number of nitrogens with zero attached hydrogens (tertiary/aromatic N) is 3. The lowest BCUT2D eigenvalue weighted by atomic mass is 10.3. The van der Waals surface area contributed by atoms with Crippen molar-refractivity contribution in [3.05, 3.63) is 118 Å². The molecule has 4 aromatic rings. The first-order chi connectivity index (χ1) is 15.1. The quantitative estimate of drug-likeness (QED) is 0.182. The molecule has 7 heteroatoms. The van der Waals surface area contributed by atoms with E-state index in [9.17, 15) is 4.79 Å². The first-order valence-electron chi connectivity index (χ1n) is 9.13. The lowest BCUT2D eigenvalue weighted by Gasteiger charge is -1.94. The Morgan fingerprint density at radius 2 is 1.13 bits per heavy atom. The first-order valence-corrected chi connectivity index (χ1v) is 10.7. The Labute approximate surface area is 198 Å². The molecule has 0 aliphatic carbocycles. The third kappa shape index (κ3) is 10.4. The van der Waals surface area contributed by atoms with Crippen molar-refractivity contribution >= 4 is 55.7 Å². The van der Waals surface area contributed by atoms with E-state index >= 15 is 0 Å². The summed E-state index contributed by atoms with van der Waals surface area (Å²) in [6, 6.07) is 22.5. The zero-order valence-corrected chi connectivity index (χ0v) is 19.6. The molecule has 0 saturated heterocycles. The molecule has 2 N–H and O–H groups in total. The van der Waals surface area contributed by atoms with Crippen molar-refractivity contribution in [3.63, 3.8) is 0 Å². The molecule has 2 aromatic carbocycles. The maximum atomic E-state index is 9.98. The fourth-order valence-corrected chi connectivity index (χ4v) is 2.56. The van der Waals surface area contributed by atoms with Crippen molar-refractivity contribution in [2.75, 3.05) is 5.73 Å².